The number of hydrogen-bond acceptors (Lipinski definition) is 11. The normalized spacial score (nSPS) is 16.9. The number of aliphatic hydroxyl groups is 1. The van der Waals surface area contributed by atoms with Crippen molar-refractivity contribution in [3.8, 4) is 11.5 Å². The third kappa shape index (κ3) is 11.1. The summed E-state index contributed by atoms with van der Waals surface area (Å²) in [4.78, 5) is 79.8. The van der Waals surface area contributed by atoms with Crippen LogP contribution in [0, 0.1) is 5.92 Å². The zero-order chi connectivity index (χ0) is 43.5. The van der Waals surface area contributed by atoms with Crippen LogP contribution in [0.25, 0.3) is 0 Å². The molecule has 2 aliphatic heterocycles. The number of aliphatic hydroxyl groups excluding tert-OH is 1. The molecule has 3 aromatic carbocycles. The lowest BCUT2D eigenvalue weighted by Gasteiger charge is -2.38. The van der Waals surface area contributed by atoms with Gasteiger partial charge in [0.25, 0.3) is 5.91 Å². The Labute approximate surface area is 347 Å². The molecule has 1 saturated heterocycles. The zero-order valence-corrected chi connectivity index (χ0v) is 34.0. The van der Waals surface area contributed by atoms with Crippen LogP contribution in [0.5, 0.6) is 11.5 Å². The first-order valence-electron chi connectivity index (χ1n) is 19.5. The Bertz CT molecular complexity index is 2070. The predicted molar refractivity (Wildman–Crippen MR) is 218 cm³/mol. The van der Waals surface area contributed by atoms with Gasteiger partial charge in [0.1, 0.15) is 31.9 Å². The molecule has 0 bridgehead atoms. The fourth-order valence-electron chi connectivity index (χ4n) is 6.91. The molecule has 0 spiro atoms. The summed E-state index contributed by atoms with van der Waals surface area (Å²) in [6.07, 6.45) is -0.0344. The summed E-state index contributed by atoms with van der Waals surface area (Å²) in [5.41, 5.74) is 2.37. The fourth-order valence-corrected chi connectivity index (χ4v) is 6.91. The van der Waals surface area contributed by atoms with E-state index in [9.17, 15) is 39.0 Å². The number of carboxylic acid groups (broad SMARTS) is 1. The van der Waals surface area contributed by atoms with Gasteiger partial charge in [0.15, 0.2) is 17.7 Å². The number of hydrogen-bond donors (Lipinski definition) is 5. The van der Waals surface area contributed by atoms with E-state index in [0.29, 0.717) is 35.3 Å². The molecule has 60 heavy (non-hydrogen) atoms. The Hall–Kier alpha value is -6.62. The minimum Gasteiger partial charge on any atom is -0.493 e. The number of aliphatic carboxylic acids is 1. The van der Waals surface area contributed by atoms with Gasteiger partial charge in [-0.3, -0.25) is 19.2 Å². The van der Waals surface area contributed by atoms with Crippen LogP contribution in [-0.4, -0.2) is 95.6 Å². The number of nitrogens with one attached hydrogen (secondary N) is 3. The zero-order valence-electron chi connectivity index (χ0n) is 34.0. The fraction of sp³-hybridized carbons (Fsp3) is 0.395. The maximum Gasteiger partial charge on any atom is 0.416 e. The highest BCUT2D eigenvalue weighted by Crippen LogP contribution is 2.41. The van der Waals surface area contributed by atoms with Crippen molar-refractivity contribution < 1.29 is 57.9 Å². The largest absolute Gasteiger partial charge is 0.493 e. The molecule has 0 radical (unpaired) electrons. The van der Waals surface area contributed by atoms with E-state index in [1.807, 2.05) is 0 Å². The molecular weight excluding hydrogens is 778 g/mol. The summed E-state index contributed by atoms with van der Waals surface area (Å²) < 4.78 is 22.4. The number of methoxy groups -OCH3 is 1. The number of fused-ring (bicyclic) bond motifs is 2. The van der Waals surface area contributed by atoms with Gasteiger partial charge in [0.05, 0.1) is 30.8 Å². The maximum atomic E-state index is 14.0. The first-order chi connectivity index (χ1) is 28.7. The summed E-state index contributed by atoms with van der Waals surface area (Å²) in [5.74, 6) is -2.37. The number of carbonyl (C=O) groups is 6. The molecule has 4 atom stereocenters. The number of carbonyl (C=O) groups excluding carboxylic acids is 5. The Morgan fingerprint density at radius 1 is 0.900 bits per heavy atom. The molecule has 320 valence electrons. The average molecular weight is 830 g/mol. The van der Waals surface area contributed by atoms with Crippen LogP contribution in [-0.2, 0) is 43.5 Å². The Morgan fingerprint density at radius 2 is 1.63 bits per heavy atom. The lowest BCUT2D eigenvalue weighted by molar-refractivity contribution is -0.136. The van der Waals surface area contributed by atoms with Crippen molar-refractivity contribution in [3.05, 3.63) is 95.6 Å². The molecule has 5 rings (SSSR count). The summed E-state index contributed by atoms with van der Waals surface area (Å²) >= 11 is 0. The Kier molecular flexibility index (Phi) is 15.1. The van der Waals surface area contributed by atoms with Crippen molar-refractivity contribution in [2.24, 2.45) is 5.92 Å². The monoisotopic (exact) mass is 829 g/mol. The van der Waals surface area contributed by atoms with Gasteiger partial charge < -0.3 is 50.0 Å². The number of alkyl carbamates (subject to hydrolysis) is 1. The number of benzene rings is 3. The van der Waals surface area contributed by atoms with E-state index in [-0.39, 0.29) is 60.8 Å². The van der Waals surface area contributed by atoms with E-state index in [4.69, 9.17) is 18.9 Å². The lowest BCUT2D eigenvalue weighted by Crippen LogP contribution is -2.55. The van der Waals surface area contributed by atoms with Crippen LogP contribution < -0.4 is 30.3 Å². The second-order valence-corrected chi connectivity index (χ2v) is 14.8. The van der Waals surface area contributed by atoms with Gasteiger partial charge in [-0.25, -0.2) is 14.5 Å². The minimum absolute atomic E-state index is 0.00703. The molecule has 1 unspecified atom stereocenters. The number of nitrogens with zero attached hydrogens (tertiary/aromatic N) is 2. The lowest BCUT2D eigenvalue weighted by atomic mass is 10.0. The molecule has 17 heteroatoms. The van der Waals surface area contributed by atoms with Crippen molar-refractivity contribution in [2.45, 2.75) is 84.0 Å². The Balaban J connectivity index is 1.28. The topological polar surface area (TPSA) is 222 Å². The van der Waals surface area contributed by atoms with Crippen molar-refractivity contribution in [3.63, 3.8) is 0 Å². The van der Waals surface area contributed by atoms with Crippen molar-refractivity contribution in [1.29, 1.82) is 0 Å². The van der Waals surface area contributed by atoms with E-state index < -0.39 is 54.3 Å². The van der Waals surface area contributed by atoms with E-state index in [0.717, 1.165) is 17.7 Å². The highest BCUT2D eigenvalue weighted by Gasteiger charge is 2.44. The maximum absolute atomic E-state index is 14.0. The standard InChI is InChI=1S/C43H51N5O12/c1-6-18-58-42(55)46-37(25(2)3)39(52)44-26(4)38(51)45-30-15-13-27(14-16-30)23-60-43(56)48-33-22-35(59-24-29-11-9-10-28(19-29)20-36(49)50)34(57-5)21-31(33)40(53)47-17-8-7-12-32(47)41(48)54/h6,9-11,13-16,19,21-22,25-26,32,37,41,54H,1,7-8,12,17-18,20,23-24H2,2-5H3,(H,44,52)(H,45,51)(H,46,55)(H,49,50)/t26-,32-,37-,41?/m0/s1. The molecule has 3 aromatic rings. The van der Waals surface area contributed by atoms with Gasteiger partial charge in [0.2, 0.25) is 11.8 Å². The van der Waals surface area contributed by atoms with Crippen LogP contribution >= 0.6 is 0 Å². The first-order valence-corrected chi connectivity index (χ1v) is 19.5. The summed E-state index contributed by atoms with van der Waals surface area (Å²) in [5, 5.41) is 28.8. The van der Waals surface area contributed by atoms with Gasteiger partial charge in [-0.15, -0.1) is 0 Å². The smallest absolute Gasteiger partial charge is 0.416 e. The number of carboxylic acids is 1. The number of rotatable bonds is 16. The summed E-state index contributed by atoms with van der Waals surface area (Å²) in [7, 11) is 1.41. The molecule has 1 fully saturated rings. The molecule has 2 heterocycles. The molecule has 5 N–H and O–H groups in total. The van der Waals surface area contributed by atoms with Crippen molar-refractivity contribution >= 4 is 47.3 Å². The van der Waals surface area contributed by atoms with Crippen LogP contribution in [0.4, 0.5) is 21.0 Å². The van der Waals surface area contributed by atoms with Crippen LogP contribution in [0.1, 0.15) is 67.1 Å². The Morgan fingerprint density at radius 3 is 2.32 bits per heavy atom. The first kappa shape index (κ1) is 44.5. The second kappa shape index (κ2) is 20.4. The third-order valence-corrected chi connectivity index (χ3v) is 10.0. The summed E-state index contributed by atoms with van der Waals surface area (Å²) in [6.45, 7) is 8.58. The van der Waals surface area contributed by atoms with Gasteiger partial charge in [-0.2, -0.15) is 0 Å². The molecule has 0 aromatic heterocycles. The predicted octanol–water partition coefficient (Wildman–Crippen LogP) is 4.75. The quantitative estimate of drug-likeness (QED) is 0.124. The van der Waals surface area contributed by atoms with E-state index in [1.165, 1.54) is 32.2 Å². The van der Waals surface area contributed by atoms with Crippen LogP contribution in [0.15, 0.2) is 73.3 Å². The van der Waals surface area contributed by atoms with Gasteiger partial charge in [-0.1, -0.05) is 62.9 Å². The molecule has 5 amide bonds. The SMILES string of the molecule is C=CCOC(=O)N[C@H](C(=O)N[C@@H](C)C(=O)Nc1ccc(COC(=O)N2c3cc(OCc4cccc(CC(=O)O)c4)c(OC)cc3C(=O)N3CCCC[C@H]3C2O)cc1)C(C)C. The number of amides is 5. The van der Waals surface area contributed by atoms with Gasteiger partial charge in [0, 0.05) is 18.3 Å². The molecular formula is C43H51N5O12. The summed E-state index contributed by atoms with van der Waals surface area (Å²) in [6, 6.07) is 13.6. The second-order valence-electron chi connectivity index (χ2n) is 14.8. The van der Waals surface area contributed by atoms with E-state index in [2.05, 4.69) is 22.5 Å². The van der Waals surface area contributed by atoms with Crippen LogP contribution in [0.2, 0.25) is 0 Å². The van der Waals surface area contributed by atoms with Crippen molar-refractivity contribution in [2.75, 3.05) is 30.5 Å². The molecule has 2 aliphatic rings. The van der Waals surface area contributed by atoms with Gasteiger partial charge >= 0.3 is 18.2 Å². The highest BCUT2D eigenvalue weighted by molar-refractivity contribution is 6.06. The minimum atomic E-state index is -1.46. The highest BCUT2D eigenvalue weighted by atomic mass is 16.6. The molecule has 0 saturated carbocycles. The third-order valence-electron chi connectivity index (χ3n) is 10.0. The van der Waals surface area contributed by atoms with Crippen LogP contribution in [0.3, 0.4) is 0 Å². The molecule has 0 aliphatic carbocycles. The number of ether oxygens (including phenoxy) is 4. The number of piperidine rings is 1. The van der Waals surface area contributed by atoms with E-state index in [1.54, 1.807) is 67.3 Å². The van der Waals surface area contributed by atoms with Crippen molar-refractivity contribution in [1.82, 2.24) is 15.5 Å². The number of anilines is 2. The van der Waals surface area contributed by atoms with Gasteiger partial charge in [-0.05, 0) is 67.0 Å². The van der Waals surface area contributed by atoms with E-state index >= 15 is 0 Å². The molecule has 17 nitrogen and oxygen atoms in total. The average Bonchev–Trinajstić information content (AvgIpc) is 3.31.